The van der Waals surface area contributed by atoms with Gasteiger partial charge >= 0.3 is 0 Å². The number of fused-ring (bicyclic) bond motifs is 8. The number of allylic oxidation sites excluding steroid dienone is 7. The lowest BCUT2D eigenvalue weighted by molar-refractivity contribution is 0.568. The predicted molar refractivity (Wildman–Crippen MR) is 429 cm³/mol. The zero-order chi connectivity index (χ0) is 68.2. The highest BCUT2D eigenvalue weighted by atomic mass is 32.2. The van der Waals surface area contributed by atoms with Crippen molar-refractivity contribution in [1.29, 1.82) is 0 Å². The Hall–Kier alpha value is -9.45. The summed E-state index contributed by atoms with van der Waals surface area (Å²) in [7, 11) is 0. The molecule has 0 amide bonds. The van der Waals surface area contributed by atoms with Crippen molar-refractivity contribution in [2.45, 2.75) is 124 Å². The highest BCUT2D eigenvalue weighted by molar-refractivity contribution is 8.00. The van der Waals surface area contributed by atoms with Gasteiger partial charge in [0.1, 0.15) is 0 Å². The molecule has 0 saturated heterocycles. The largest absolute Gasteiger partial charge is 0.311 e. The molecule has 0 aliphatic carbocycles. The number of rotatable bonds is 11. The Morgan fingerprint density at radius 2 is 0.735 bits per heavy atom. The highest BCUT2D eigenvalue weighted by Gasteiger charge is 2.47. The van der Waals surface area contributed by atoms with Gasteiger partial charge in [-0.15, -0.1) is 0 Å². The lowest BCUT2D eigenvalue weighted by Gasteiger charge is -2.45. The molecule has 0 saturated carbocycles. The third-order valence-electron chi connectivity index (χ3n) is 20.3. The van der Waals surface area contributed by atoms with Crippen LogP contribution in [0.2, 0.25) is 0 Å². The second-order valence-corrected chi connectivity index (χ2v) is 33.2. The van der Waals surface area contributed by atoms with Crippen LogP contribution in [0.4, 0.5) is 28.4 Å². The molecule has 0 radical (unpaired) electrons. The Bertz CT molecular complexity index is 5040. The standard InChI is InChI=1S/C92H84B2N2S2/c1-15-17-39-73(61-35-27-21-28-36-61)78(40-18-16-2)96-80-58-79-76(57-77(80)94-75-44-42-63(60-33-25-20-26-34-60)52-84(75)98-86-54-67(50-82(96)88(86)94)65-47-70(91(9,10)11)56-71(48-65)92(12,13)14)93-74-43-41-62(59-31-23-19-24-32-59)51-83(74)97-85-53-66(49-81(87(85)93)95(79)72-37-29-22-30-38-72)64-45-68(89(3,4)5)55-69(46-64)90(6,7)8/h15-58H,1-2H2,3-14H3/b39-17-,40-18?,78-73?. The van der Waals surface area contributed by atoms with Gasteiger partial charge in [0.2, 0.25) is 13.4 Å². The van der Waals surface area contributed by atoms with Crippen molar-refractivity contribution in [1.82, 2.24) is 0 Å². The van der Waals surface area contributed by atoms with Crippen LogP contribution in [-0.4, -0.2) is 13.4 Å². The maximum absolute atomic E-state index is 4.36. The van der Waals surface area contributed by atoms with Gasteiger partial charge in [-0.05, 0) is 177 Å². The number of nitrogens with zero attached hydrogens (tertiary/aromatic N) is 2. The Labute approximate surface area is 591 Å². The maximum atomic E-state index is 4.36. The SMILES string of the molecule is C=CC=CC(=C(/C=C\C=C)c1ccccc1)N1c2cc3c(cc2B2c4ccc(-c5ccccc5)cc4Sc4cc(-c5cc(C(C)(C)C)cc(C(C)(C)C)c5)cc1c42)B1c2ccc(-c4ccccc4)cc2Sc2cc(-c4cc(C(C)(C)C)cc(C(C)(C)C)c4)cc(c21)N3c1ccccc1. The van der Waals surface area contributed by atoms with Crippen molar-refractivity contribution in [3.05, 3.63) is 314 Å². The van der Waals surface area contributed by atoms with Crippen molar-refractivity contribution in [3.63, 3.8) is 0 Å². The van der Waals surface area contributed by atoms with E-state index in [9.17, 15) is 0 Å². The number of anilines is 5. The van der Waals surface area contributed by atoms with E-state index in [-0.39, 0.29) is 35.1 Å². The van der Waals surface area contributed by atoms with Crippen LogP contribution in [-0.2, 0) is 21.7 Å². The number of para-hydroxylation sites is 1. The molecule has 0 spiro atoms. The van der Waals surface area contributed by atoms with Gasteiger partial charge in [0.25, 0.3) is 0 Å². The molecule has 480 valence electrons. The summed E-state index contributed by atoms with van der Waals surface area (Å²) >= 11 is 3.86. The molecule has 6 heteroatoms. The first-order chi connectivity index (χ1) is 47.0. The van der Waals surface area contributed by atoms with E-state index in [1.807, 2.05) is 35.7 Å². The van der Waals surface area contributed by atoms with Crippen LogP contribution in [0.1, 0.15) is 111 Å². The zero-order valence-electron chi connectivity index (χ0n) is 58.7. The van der Waals surface area contributed by atoms with Crippen molar-refractivity contribution in [3.8, 4) is 44.5 Å². The van der Waals surface area contributed by atoms with E-state index in [2.05, 4.69) is 361 Å². The fourth-order valence-corrected chi connectivity index (χ4v) is 17.4. The molecular weight excluding hydrogens is 1220 g/mol. The van der Waals surface area contributed by atoms with Crippen LogP contribution >= 0.6 is 23.5 Å². The van der Waals surface area contributed by atoms with Gasteiger partial charge in [-0.2, -0.15) is 0 Å². The molecule has 0 unspecified atom stereocenters. The summed E-state index contributed by atoms with van der Waals surface area (Å²) in [6, 6.07) is 88.7. The molecule has 4 aliphatic rings. The lowest BCUT2D eigenvalue weighted by Crippen LogP contribution is -2.64. The molecule has 15 rings (SSSR count). The zero-order valence-corrected chi connectivity index (χ0v) is 60.3. The summed E-state index contributed by atoms with van der Waals surface area (Å²) in [6.45, 7) is 36.5. The maximum Gasteiger partial charge on any atom is 0.249 e. The third-order valence-corrected chi connectivity index (χ3v) is 22.5. The molecule has 0 N–H and O–H groups in total. The van der Waals surface area contributed by atoms with Crippen LogP contribution in [0.3, 0.4) is 0 Å². The molecule has 11 aromatic carbocycles. The van der Waals surface area contributed by atoms with Crippen LogP contribution in [0.25, 0.3) is 50.1 Å². The van der Waals surface area contributed by atoms with E-state index in [0.717, 1.165) is 39.6 Å². The average Bonchev–Trinajstić information content (AvgIpc) is 0.690. The van der Waals surface area contributed by atoms with Crippen LogP contribution < -0.4 is 42.6 Å². The van der Waals surface area contributed by atoms with Gasteiger partial charge in [-0.25, -0.2) is 0 Å². The first-order valence-corrected chi connectivity index (χ1v) is 36.3. The molecule has 11 aromatic rings. The predicted octanol–water partition coefficient (Wildman–Crippen LogP) is 21.6. The average molecular weight is 1300 g/mol. The van der Waals surface area contributed by atoms with Crippen molar-refractivity contribution >= 4 is 104 Å². The normalized spacial score (nSPS) is 14.1. The fourth-order valence-electron chi connectivity index (χ4n) is 14.9. The summed E-state index contributed by atoms with van der Waals surface area (Å²) in [6.07, 6.45) is 12.6. The minimum absolute atomic E-state index is 0.0746. The molecule has 2 nitrogen and oxygen atoms in total. The monoisotopic (exact) mass is 1300 g/mol. The molecule has 4 aliphatic heterocycles. The number of hydrogen-bond donors (Lipinski definition) is 0. The first kappa shape index (κ1) is 64.5. The number of benzene rings is 11. The molecule has 0 fully saturated rings. The van der Waals surface area contributed by atoms with Gasteiger partial charge in [0.15, 0.2) is 0 Å². The summed E-state index contributed by atoms with van der Waals surface area (Å²) in [5.41, 5.74) is 31.4. The summed E-state index contributed by atoms with van der Waals surface area (Å²) < 4.78 is 0. The smallest absolute Gasteiger partial charge is 0.249 e. The van der Waals surface area contributed by atoms with Gasteiger partial charge < -0.3 is 9.80 Å². The minimum Gasteiger partial charge on any atom is -0.311 e. The molecule has 0 atom stereocenters. The van der Waals surface area contributed by atoms with Crippen LogP contribution in [0, 0.1) is 0 Å². The second-order valence-electron chi connectivity index (χ2n) is 31.1. The fraction of sp³-hybridized carbons (Fsp3) is 0.174. The molecule has 98 heavy (non-hydrogen) atoms. The Morgan fingerprint density at radius 3 is 1.19 bits per heavy atom. The lowest BCUT2D eigenvalue weighted by atomic mass is 9.31. The first-order valence-electron chi connectivity index (χ1n) is 34.7. The van der Waals surface area contributed by atoms with E-state index < -0.39 is 0 Å². The van der Waals surface area contributed by atoms with E-state index in [0.29, 0.717) is 0 Å². The molecule has 4 heterocycles. The summed E-state index contributed by atoms with van der Waals surface area (Å²) in [4.78, 5) is 10.3. The van der Waals surface area contributed by atoms with Crippen LogP contribution in [0.5, 0.6) is 0 Å². The van der Waals surface area contributed by atoms with Crippen molar-refractivity contribution < 1.29 is 0 Å². The molecule has 0 bridgehead atoms. The van der Waals surface area contributed by atoms with Gasteiger partial charge in [-0.3, -0.25) is 0 Å². The van der Waals surface area contributed by atoms with E-state index in [1.165, 1.54) is 125 Å². The minimum atomic E-state index is -0.148. The molecule has 0 aromatic heterocycles. The van der Waals surface area contributed by atoms with Gasteiger partial charge in [0, 0.05) is 53.6 Å². The Kier molecular flexibility index (Phi) is 16.3. The second kappa shape index (κ2) is 24.8. The van der Waals surface area contributed by atoms with Crippen LogP contribution in [0.15, 0.2) is 305 Å². The Morgan fingerprint density at radius 1 is 0.337 bits per heavy atom. The third kappa shape index (κ3) is 11.7. The van der Waals surface area contributed by atoms with E-state index in [1.54, 1.807) is 0 Å². The van der Waals surface area contributed by atoms with Gasteiger partial charge in [0.05, 0.1) is 5.70 Å². The quantitative estimate of drug-likeness (QED) is 0.0940. The van der Waals surface area contributed by atoms with Crippen molar-refractivity contribution in [2.75, 3.05) is 9.80 Å². The summed E-state index contributed by atoms with van der Waals surface area (Å²) in [5, 5.41) is 0. The van der Waals surface area contributed by atoms with Gasteiger partial charge in [-0.1, -0.05) is 337 Å². The topological polar surface area (TPSA) is 6.48 Å². The summed E-state index contributed by atoms with van der Waals surface area (Å²) in [5.74, 6) is 0. The van der Waals surface area contributed by atoms with Crippen molar-refractivity contribution in [2.24, 2.45) is 0 Å². The molecular formula is C92H84B2N2S2. The number of hydrogen-bond acceptors (Lipinski definition) is 4. The Balaban J connectivity index is 1.10. The van der Waals surface area contributed by atoms with E-state index in [4.69, 9.17) is 0 Å². The van der Waals surface area contributed by atoms with E-state index >= 15 is 0 Å². The highest BCUT2D eigenvalue weighted by Crippen LogP contribution is 2.50.